The van der Waals surface area contributed by atoms with Gasteiger partial charge in [0.05, 0.1) is 34.0 Å². The van der Waals surface area contributed by atoms with Crippen LogP contribution in [-0.2, 0) is 9.84 Å². The minimum atomic E-state index is -2.93. The van der Waals surface area contributed by atoms with E-state index < -0.39 is 9.84 Å². The highest BCUT2D eigenvalue weighted by molar-refractivity contribution is 7.91. The van der Waals surface area contributed by atoms with E-state index in [-0.39, 0.29) is 22.9 Å². The molecule has 2 atom stereocenters. The summed E-state index contributed by atoms with van der Waals surface area (Å²) in [6, 6.07) is 5.97. The Hall–Kier alpha value is -1.07. The maximum atomic E-state index is 11.8. The van der Waals surface area contributed by atoms with Gasteiger partial charge in [0.15, 0.2) is 9.84 Å². The standard InChI is InChI=1S/C14H17ClN2O2S/c1-9-3-4-12-13(7-9)17(14(16-12)10(2)15)11-5-6-20(18,19)8-11/h3-4,7,10-11H,5-6,8H2,1-2H3. The number of hydrogen-bond acceptors (Lipinski definition) is 3. The molecule has 0 radical (unpaired) electrons. The van der Waals surface area contributed by atoms with Crippen LogP contribution in [0.2, 0.25) is 0 Å². The molecule has 1 aromatic carbocycles. The molecule has 4 nitrogen and oxygen atoms in total. The summed E-state index contributed by atoms with van der Waals surface area (Å²) in [6.07, 6.45) is 0.637. The summed E-state index contributed by atoms with van der Waals surface area (Å²) in [6.45, 7) is 3.89. The Kier molecular flexibility index (Phi) is 3.29. The lowest BCUT2D eigenvalue weighted by atomic mass is 10.2. The van der Waals surface area contributed by atoms with Gasteiger partial charge in [0.1, 0.15) is 5.82 Å². The maximum absolute atomic E-state index is 11.8. The van der Waals surface area contributed by atoms with Crippen LogP contribution in [0.4, 0.5) is 0 Å². The van der Waals surface area contributed by atoms with Gasteiger partial charge in [0.2, 0.25) is 0 Å². The number of aryl methyl sites for hydroxylation is 1. The van der Waals surface area contributed by atoms with Crippen molar-refractivity contribution in [3.05, 3.63) is 29.6 Å². The SMILES string of the molecule is Cc1ccc2nc(C(C)Cl)n(C3CCS(=O)(=O)C3)c2c1. The summed E-state index contributed by atoms with van der Waals surface area (Å²) < 4.78 is 25.5. The van der Waals surface area contributed by atoms with E-state index in [2.05, 4.69) is 11.1 Å². The molecule has 1 aliphatic rings. The van der Waals surface area contributed by atoms with Crippen LogP contribution in [0.3, 0.4) is 0 Å². The van der Waals surface area contributed by atoms with Gasteiger partial charge in [-0.15, -0.1) is 11.6 Å². The van der Waals surface area contributed by atoms with Crippen molar-refractivity contribution in [2.45, 2.75) is 31.7 Å². The molecule has 2 aromatic rings. The fraction of sp³-hybridized carbons (Fsp3) is 0.500. The summed E-state index contributed by atoms with van der Waals surface area (Å²) in [4.78, 5) is 4.58. The quantitative estimate of drug-likeness (QED) is 0.801. The van der Waals surface area contributed by atoms with Crippen molar-refractivity contribution in [3.63, 3.8) is 0 Å². The lowest BCUT2D eigenvalue weighted by Gasteiger charge is -2.16. The summed E-state index contributed by atoms with van der Waals surface area (Å²) in [7, 11) is -2.93. The molecule has 0 bridgehead atoms. The molecule has 0 saturated carbocycles. The third-order valence-electron chi connectivity index (χ3n) is 3.80. The molecule has 108 valence electrons. The second kappa shape index (κ2) is 4.74. The normalized spacial score (nSPS) is 23.2. The number of fused-ring (bicyclic) bond motifs is 1. The van der Waals surface area contributed by atoms with Gasteiger partial charge in [-0.05, 0) is 38.0 Å². The number of alkyl halides is 1. The largest absolute Gasteiger partial charge is 0.323 e. The number of halogens is 1. The third-order valence-corrected chi connectivity index (χ3v) is 5.75. The van der Waals surface area contributed by atoms with E-state index >= 15 is 0 Å². The Morgan fingerprint density at radius 2 is 2.20 bits per heavy atom. The summed E-state index contributed by atoms with van der Waals surface area (Å²) in [5.74, 6) is 1.19. The number of aromatic nitrogens is 2. The first-order valence-electron chi connectivity index (χ1n) is 6.70. The monoisotopic (exact) mass is 312 g/mol. The molecule has 20 heavy (non-hydrogen) atoms. The van der Waals surface area contributed by atoms with Crippen molar-refractivity contribution < 1.29 is 8.42 Å². The number of sulfone groups is 1. The topological polar surface area (TPSA) is 52.0 Å². The summed E-state index contributed by atoms with van der Waals surface area (Å²) in [5.41, 5.74) is 2.99. The van der Waals surface area contributed by atoms with Crippen molar-refractivity contribution in [2.24, 2.45) is 0 Å². The zero-order valence-corrected chi connectivity index (χ0v) is 13.1. The van der Waals surface area contributed by atoms with E-state index in [0.717, 1.165) is 22.4 Å². The van der Waals surface area contributed by atoms with Gasteiger partial charge in [0, 0.05) is 0 Å². The van der Waals surface area contributed by atoms with Crippen LogP contribution in [0, 0.1) is 6.92 Å². The Morgan fingerprint density at radius 3 is 2.80 bits per heavy atom. The predicted molar refractivity (Wildman–Crippen MR) is 81.0 cm³/mol. The molecule has 1 fully saturated rings. The summed E-state index contributed by atoms with van der Waals surface area (Å²) >= 11 is 6.24. The van der Waals surface area contributed by atoms with Crippen LogP contribution in [0.25, 0.3) is 11.0 Å². The minimum Gasteiger partial charge on any atom is -0.323 e. The molecular weight excluding hydrogens is 296 g/mol. The first kappa shape index (κ1) is 13.9. The lowest BCUT2D eigenvalue weighted by molar-refractivity contribution is 0.545. The van der Waals surface area contributed by atoms with Crippen LogP contribution in [-0.4, -0.2) is 29.5 Å². The number of rotatable bonds is 2. The molecule has 1 aromatic heterocycles. The van der Waals surface area contributed by atoms with E-state index in [4.69, 9.17) is 11.6 Å². The number of nitrogens with zero attached hydrogens (tertiary/aromatic N) is 2. The van der Waals surface area contributed by atoms with Crippen molar-refractivity contribution in [1.29, 1.82) is 0 Å². The van der Waals surface area contributed by atoms with Gasteiger partial charge in [-0.1, -0.05) is 6.07 Å². The highest BCUT2D eigenvalue weighted by atomic mass is 35.5. The highest BCUT2D eigenvalue weighted by Crippen LogP contribution is 2.33. The molecular formula is C14H17ClN2O2S. The fourth-order valence-corrected chi connectivity index (χ4v) is 4.72. The number of imidazole rings is 1. The third kappa shape index (κ3) is 2.33. The fourth-order valence-electron chi connectivity index (χ4n) is 2.87. The van der Waals surface area contributed by atoms with Gasteiger partial charge in [-0.3, -0.25) is 0 Å². The second-order valence-corrected chi connectivity index (χ2v) is 8.39. The average Bonchev–Trinajstić information content (AvgIpc) is 2.88. The van der Waals surface area contributed by atoms with Crippen molar-refractivity contribution >= 4 is 32.5 Å². The van der Waals surface area contributed by atoms with Crippen LogP contribution in [0.1, 0.15) is 36.2 Å². The summed E-state index contributed by atoms with van der Waals surface area (Å²) in [5, 5.41) is -0.244. The van der Waals surface area contributed by atoms with E-state index in [9.17, 15) is 8.42 Å². The minimum absolute atomic E-state index is 0.0528. The Morgan fingerprint density at radius 1 is 1.45 bits per heavy atom. The number of benzene rings is 1. The molecule has 3 rings (SSSR count). The van der Waals surface area contributed by atoms with E-state index in [1.807, 2.05) is 30.5 Å². The molecule has 6 heteroatoms. The van der Waals surface area contributed by atoms with Crippen LogP contribution in [0.5, 0.6) is 0 Å². The second-order valence-electron chi connectivity index (χ2n) is 5.51. The predicted octanol–water partition coefficient (Wildman–Crippen LogP) is 3.00. The van der Waals surface area contributed by atoms with Gasteiger partial charge >= 0.3 is 0 Å². The van der Waals surface area contributed by atoms with Crippen LogP contribution < -0.4 is 0 Å². The Bertz CT molecular complexity index is 765. The Labute approximate surface area is 123 Å². The van der Waals surface area contributed by atoms with Gasteiger partial charge in [-0.25, -0.2) is 13.4 Å². The highest BCUT2D eigenvalue weighted by Gasteiger charge is 2.32. The van der Waals surface area contributed by atoms with E-state index in [1.165, 1.54) is 0 Å². The lowest BCUT2D eigenvalue weighted by Crippen LogP contribution is -2.14. The van der Waals surface area contributed by atoms with Crippen molar-refractivity contribution in [1.82, 2.24) is 9.55 Å². The molecule has 0 spiro atoms. The maximum Gasteiger partial charge on any atom is 0.152 e. The molecule has 0 N–H and O–H groups in total. The molecule has 2 unspecified atom stereocenters. The number of hydrogen-bond donors (Lipinski definition) is 0. The molecule has 1 saturated heterocycles. The van der Waals surface area contributed by atoms with Crippen molar-refractivity contribution in [2.75, 3.05) is 11.5 Å². The van der Waals surface area contributed by atoms with Crippen molar-refractivity contribution in [3.8, 4) is 0 Å². The van der Waals surface area contributed by atoms with Gasteiger partial charge in [0.25, 0.3) is 0 Å². The first-order valence-corrected chi connectivity index (χ1v) is 8.96. The van der Waals surface area contributed by atoms with Crippen LogP contribution in [0.15, 0.2) is 18.2 Å². The van der Waals surface area contributed by atoms with E-state index in [0.29, 0.717) is 6.42 Å². The zero-order valence-electron chi connectivity index (χ0n) is 11.5. The first-order chi connectivity index (χ1) is 9.37. The molecule has 2 heterocycles. The molecule has 0 aliphatic carbocycles. The molecule has 1 aliphatic heterocycles. The van der Waals surface area contributed by atoms with Gasteiger partial charge < -0.3 is 4.57 Å². The van der Waals surface area contributed by atoms with Crippen LogP contribution >= 0.6 is 11.6 Å². The molecule has 0 amide bonds. The smallest absolute Gasteiger partial charge is 0.152 e. The average molecular weight is 313 g/mol. The van der Waals surface area contributed by atoms with E-state index in [1.54, 1.807) is 0 Å². The Balaban J connectivity index is 2.21. The van der Waals surface area contributed by atoms with Gasteiger partial charge in [-0.2, -0.15) is 0 Å². The zero-order chi connectivity index (χ0) is 14.5.